The van der Waals surface area contributed by atoms with Crippen LogP contribution in [0.4, 0.5) is 5.69 Å². The van der Waals surface area contributed by atoms with Crippen molar-refractivity contribution < 1.29 is 18.0 Å². The number of halogens is 1. The predicted octanol–water partition coefficient (Wildman–Crippen LogP) is 1.88. The maximum absolute atomic E-state index is 12.5. The Kier molecular flexibility index (Phi) is 4.59. The van der Waals surface area contributed by atoms with Crippen LogP contribution in [0.25, 0.3) is 0 Å². The molecule has 7 nitrogen and oxygen atoms in total. The summed E-state index contributed by atoms with van der Waals surface area (Å²) in [7, 11) is -3.79. The normalized spacial score (nSPS) is 21.3. The van der Waals surface area contributed by atoms with Crippen LogP contribution in [-0.4, -0.2) is 43.5 Å². The molecule has 1 N–H and O–H groups in total. The molecule has 0 spiro atoms. The summed E-state index contributed by atoms with van der Waals surface area (Å²) in [5, 5.41) is 3.30. The summed E-state index contributed by atoms with van der Waals surface area (Å²) in [5.41, 5.74) is -0.830. The van der Waals surface area contributed by atoms with Gasteiger partial charge in [0.1, 0.15) is 0 Å². The van der Waals surface area contributed by atoms with Gasteiger partial charge in [-0.1, -0.05) is 23.4 Å². The molecule has 1 saturated heterocycles. The first-order chi connectivity index (χ1) is 11.6. The van der Waals surface area contributed by atoms with E-state index in [4.69, 9.17) is 11.6 Å². The fourth-order valence-electron chi connectivity index (χ4n) is 2.65. The highest BCUT2D eigenvalue weighted by Crippen LogP contribution is 2.36. The molecule has 0 aromatic heterocycles. The Balaban J connectivity index is 1.97. The molecule has 2 aliphatic heterocycles. The molecule has 3 rings (SSSR count). The number of nitrogens with one attached hydrogen (secondary N) is 1. The largest absolute Gasteiger partial charge is 0.301 e. The van der Waals surface area contributed by atoms with E-state index in [-0.39, 0.29) is 22.0 Å². The lowest BCUT2D eigenvalue weighted by Gasteiger charge is -2.18. The molecule has 2 aliphatic rings. The number of sulfonamides is 1. The fraction of sp³-hybridized carbons (Fsp3) is 0.400. The van der Waals surface area contributed by atoms with Gasteiger partial charge in [-0.2, -0.15) is 0 Å². The van der Waals surface area contributed by atoms with E-state index in [1.54, 1.807) is 13.8 Å². The molecule has 0 saturated carbocycles. The summed E-state index contributed by atoms with van der Waals surface area (Å²) >= 11 is 7.50. The summed E-state index contributed by atoms with van der Waals surface area (Å²) in [5.74, 6) is -0.518. The minimum absolute atomic E-state index is 0.0853. The predicted molar refractivity (Wildman–Crippen MR) is 98.7 cm³/mol. The van der Waals surface area contributed by atoms with Gasteiger partial charge in [-0.05, 0) is 32.0 Å². The van der Waals surface area contributed by atoms with E-state index >= 15 is 0 Å². The second-order valence-corrected chi connectivity index (χ2v) is 9.67. The molecule has 25 heavy (non-hydrogen) atoms. The van der Waals surface area contributed by atoms with Gasteiger partial charge in [0, 0.05) is 5.75 Å². The molecular formula is C15H16ClN3O4S2. The molecule has 0 bridgehead atoms. The van der Waals surface area contributed by atoms with Crippen LogP contribution >= 0.6 is 23.4 Å². The summed E-state index contributed by atoms with van der Waals surface area (Å²) in [6.45, 7) is 3.78. The highest BCUT2D eigenvalue weighted by molar-refractivity contribution is 8.14. The van der Waals surface area contributed by atoms with Crippen molar-refractivity contribution in [1.29, 1.82) is 0 Å². The van der Waals surface area contributed by atoms with Gasteiger partial charge in [-0.25, -0.2) is 12.7 Å². The number of hydrogen-bond donors (Lipinski definition) is 1. The number of aliphatic imine (C=N–C) groups is 1. The van der Waals surface area contributed by atoms with Crippen molar-refractivity contribution in [2.24, 2.45) is 10.4 Å². The minimum Gasteiger partial charge on any atom is -0.301 e. The van der Waals surface area contributed by atoms with E-state index < -0.39 is 27.3 Å². The average Bonchev–Trinajstić information content (AvgIpc) is 3.05. The van der Waals surface area contributed by atoms with Crippen LogP contribution in [0.2, 0.25) is 5.02 Å². The van der Waals surface area contributed by atoms with Gasteiger partial charge in [0.2, 0.25) is 15.9 Å². The monoisotopic (exact) mass is 401 g/mol. The topological polar surface area (TPSA) is 95.9 Å². The van der Waals surface area contributed by atoms with Crippen LogP contribution in [0.3, 0.4) is 0 Å². The van der Waals surface area contributed by atoms with E-state index in [0.717, 1.165) is 10.1 Å². The minimum atomic E-state index is -3.79. The van der Waals surface area contributed by atoms with E-state index in [1.807, 2.05) is 0 Å². The van der Waals surface area contributed by atoms with E-state index in [1.165, 1.54) is 30.0 Å². The number of carbonyl (C=O) groups is 2. The maximum atomic E-state index is 12.5. The molecule has 0 radical (unpaired) electrons. The van der Waals surface area contributed by atoms with Crippen molar-refractivity contribution in [3.63, 3.8) is 0 Å². The number of nitrogens with zero attached hydrogens (tertiary/aromatic N) is 2. The Labute approximate surface area is 154 Å². The van der Waals surface area contributed by atoms with E-state index in [2.05, 4.69) is 10.3 Å². The third-order valence-corrected chi connectivity index (χ3v) is 7.06. The Morgan fingerprint density at radius 2 is 2.12 bits per heavy atom. The Bertz CT molecular complexity index is 896. The van der Waals surface area contributed by atoms with Crippen LogP contribution in [0, 0.1) is 5.41 Å². The summed E-state index contributed by atoms with van der Waals surface area (Å²) in [6, 6.07) is 4.13. The van der Waals surface area contributed by atoms with Crippen LogP contribution in [0.5, 0.6) is 0 Å². The van der Waals surface area contributed by atoms with Gasteiger partial charge in [0.15, 0.2) is 5.17 Å². The molecule has 2 amide bonds. The van der Waals surface area contributed by atoms with Crippen LogP contribution < -0.4 is 9.62 Å². The third kappa shape index (κ3) is 3.40. The second-order valence-electron chi connectivity index (χ2n) is 6.36. The van der Waals surface area contributed by atoms with Crippen molar-refractivity contribution in [3.8, 4) is 0 Å². The number of hydrogen-bond acceptors (Lipinski definition) is 6. The number of anilines is 1. The van der Waals surface area contributed by atoms with E-state index in [9.17, 15) is 18.0 Å². The van der Waals surface area contributed by atoms with E-state index in [0.29, 0.717) is 11.7 Å². The number of rotatable bonds is 2. The second kappa shape index (κ2) is 6.30. The Morgan fingerprint density at radius 1 is 1.40 bits per heavy atom. The van der Waals surface area contributed by atoms with Crippen LogP contribution in [0.1, 0.15) is 24.2 Å². The zero-order valence-electron chi connectivity index (χ0n) is 13.6. The fourth-order valence-corrected chi connectivity index (χ4v) is 5.68. The zero-order valence-corrected chi connectivity index (χ0v) is 16.0. The Morgan fingerprint density at radius 3 is 2.68 bits per heavy atom. The standard InChI is InChI=1S/C15H16ClN3O4S2/c1-15(2)8-25(22,23)19(13(15)21)9-3-4-11(16)10(7-9)12(20)18-14-17-5-6-24-14/h3-4,7H,5-6,8H2,1-2H3,(H,17,18,20). The number of amidine groups is 1. The van der Waals surface area contributed by atoms with Crippen LogP contribution in [-0.2, 0) is 14.8 Å². The van der Waals surface area contributed by atoms with Crippen molar-refractivity contribution in [1.82, 2.24) is 5.32 Å². The molecule has 10 heteroatoms. The number of thioether (sulfide) groups is 1. The van der Waals surface area contributed by atoms with Gasteiger partial charge >= 0.3 is 0 Å². The summed E-state index contributed by atoms with van der Waals surface area (Å²) < 4.78 is 25.5. The van der Waals surface area contributed by atoms with Gasteiger partial charge in [-0.15, -0.1) is 0 Å². The van der Waals surface area contributed by atoms with Gasteiger partial charge < -0.3 is 5.32 Å². The molecule has 2 heterocycles. The van der Waals surface area contributed by atoms with Crippen LogP contribution in [0.15, 0.2) is 23.2 Å². The molecular weight excluding hydrogens is 386 g/mol. The number of benzene rings is 1. The smallest absolute Gasteiger partial charge is 0.258 e. The molecule has 0 unspecified atom stereocenters. The number of amides is 2. The molecule has 0 aliphatic carbocycles. The maximum Gasteiger partial charge on any atom is 0.258 e. The SMILES string of the molecule is CC1(C)CS(=O)(=O)N(c2ccc(Cl)c(C(=O)NC3=NCCS3)c2)C1=O. The molecule has 134 valence electrons. The quantitative estimate of drug-likeness (QED) is 0.816. The molecule has 1 aromatic rings. The van der Waals surface area contributed by atoms with Crippen molar-refractivity contribution in [2.75, 3.05) is 22.4 Å². The van der Waals surface area contributed by atoms with Crippen molar-refractivity contribution in [3.05, 3.63) is 28.8 Å². The van der Waals surface area contributed by atoms with Gasteiger partial charge in [0.25, 0.3) is 5.91 Å². The lowest BCUT2D eigenvalue weighted by atomic mass is 9.95. The van der Waals surface area contributed by atoms with Crippen molar-refractivity contribution >= 4 is 56.1 Å². The zero-order chi connectivity index (χ0) is 18.4. The highest BCUT2D eigenvalue weighted by atomic mass is 35.5. The first-order valence-corrected chi connectivity index (χ1v) is 10.4. The molecule has 1 fully saturated rings. The first-order valence-electron chi connectivity index (χ1n) is 7.47. The summed E-state index contributed by atoms with van der Waals surface area (Å²) in [6.07, 6.45) is 0. The van der Waals surface area contributed by atoms with Crippen molar-refractivity contribution in [2.45, 2.75) is 13.8 Å². The summed E-state index contributed by atoms with van der Waals surface area (Å²) in [4.78, 5) is 29.0. The lowest BCUT2D eigenvalue weighted by molar-refractivity contribution is -0.123. The lowest BCUT2D eigenvalue weighted by Crippen LogP contribution is -2.33. The average molecular weight is 402 g/mol. The molecule has 0 atom stereocenters. The Hall–Kier alpha value is -1.58. The number of carbonyl (C=O) groups excluding carboxylic acids is 2. The van der Waals surface area contributed by atoms with Gasteiger partial charge in [0.05, 0.1) is 34.0 Å². The highest BCUT2D eigenvalue weighted by Gasteiger charge is 2.50. The third-order valence-electron chi connectivity index (χ3n) is 3.82. The first kappa shape index (κ1) is 18.2. The van der Waals surface area contributed by atoms with Gasteiger partial charge in [-0.3, -0.25) is 14.6 Å². The molecule has 1 aromatic carbocycles.